The maximum Gasteiger partial charge on any atom is 0.238 e. The van der Waals surface area contributed by atoms with E-state index in [-0.39, 0.29) is 11.8 Å². The van der Waals surface area contributed by atoms with E-state index >= 15 is 0 Å². The lowest BCUT2D eigenvalue weighted by Crippen LogP contribution is -2.19. The first-order valence-corrected chi connectivity index (χ1v) is 8.25. The standard InChI is InChI=1S/C14H19N3O3S/c1-10-8-12(16-20-10)9-21(18,19)17-14-7-5-4-6-13(14)11(2)15-3/h4-8,11,15,17H,9H2,1-3H3. The largest absolute Gasteiger partial charge is 0.361 e. The molecule has 0 aliphatic carbocycles. The lowest BCUT2D eigenvalue weighted by Gasteiger charge is -2.16. The summed E-state index contributed by atoms with van der Waals surface area (Å²) in [5, 5.41) is 6.81. The number of hydrogen-bond donors (Lipinski definition) is 2. The Kier molecular flexibility index (Phi) is 4.64. The van der Waals surface area contributed by atoms with Crippen molar-refractivity contribution in [1.82, 2.24) is 10.5 Å². The Morgan fingerprint density at radius 3 is 2.67 bits per heavy atom. The van der Waals surface area contributed by atoms with E-state index in [0.29, 0.717) is 17.1 Å². The van der Waals surface area contributed by atoms with Crippen molar-refractivity contribution in [3.8, 4) is 0 Å². The Bertz CT molecular complexity index is 710. The summed E-state index contributed by atoms with van der Waals surface area (Å²) in [6.07, 6.45) is 0. The summed E-state index contributed by atoms with van der Waals surface area (Å²) in [6.45, 7) is 3.69. The number of nitrogens with one attached hydrogen (secondary N) is 2. The Morgan fingerprint density at radius 2 is 2.05 bits per heavy atom. The molecule has 1 unspecified atom stereocenters. The molecule has 7 heteroatoms. The number of hydrogen-bond acceptors (Lipinski definition) is 5. The summed E-state index contributed by atoms with van der Waals surface area (Å²) in [5.41, 5.74) is 1.85. The van der Waals surface area contributed by atoms with Crippen LogP contribution >= 0.6 is 0 Å². The van der Waals surface area contributed by atoms with Crippen molar-refractivity contribution in [1.29, 1.82) is 0 Å². The zero-order valence-electron chi connectivity index (χ0n) is 12.3. The molecule has 1 aromatic heterocycles. The highest BCUT2D eigenvalue weighted by molar-refractivity contribution is 7.91. The molecular weight excluding hydrogens is 290 g/mol. The van der Waals surface area contributed by atoms with Gasteiger partial charge in [-0.15, -0.1) is 0 Å². The van der Waals surface area contributed by atoms with Gasteiger partial charge in [-0.25, -0.2) is 8.42 Å². The van der Waals surface area contributed by atoms with E-state index in [1.165, 1.54) is 0 Å². The van der Waals surface area contributed by atoms with Crippen LogP contribution in [0.1, 0.15) is 30.0 Å². The first kappa shape index (κ1) is 15.5. The highest BCUT2D eigenvalue weighted by Gasteiger charge is 2.17. The summed E-state index contributed by atoms with van der Waals surface area (Å²) < 4.78 is 32.0. The van der Waals surface area contributed by atoms with Gasteiger partial charge in [0, 0.05) is 12.1 Å². The van der Waals surface area contributed by atoms with Crippen molar-refractivity contribution >= 4 is 15.7 Å². The fraction of sp³-hybridized carbons (Fsp3) is 0.357. The quantitative estimate of drug-likeness (QED) is 0.854. The van der Waals surface area contributed by atoms with Gasteiger partial charge in [0.15, 0.2) is 0 Å². The zero-order chi connectivity index (χ0) is 15.5. The maximum absolute atomic E-state index is 12.2. The van der Waals surface area contributed by atoms with Crippen molar-refractivity contribution in [3.63, 3.8) is 0 Å². The molecule has 0 bridgehead atoms. The van der Waals surface area contributed by atoms with Crippen LogP contribution in [-0.4, -0.2) is 20.6 Å². The molecular formula is C14H19N3O3S. The number of rotatable bonds is 6. The number of para-hydroxylation sites is 1. The van der Waals surface area contributed by atoms with Crippen LogP contribution in [0.3, 0.4) is 0 Å². The summed E-state index contributed by atoms with van der Waals surface area (Å²) in [5.74, 6) is 0.372. The summed E-state index contributed by atoms with van der Waals surface area (Å²) in [7, 11) is -1.71. The smallest absolute Gasteiger partial charge is 0.238 e. The van der Waals surface area contributed by atoms with Gasteiger partial charge >= 0.3 is 0 Å². The second kappa shape index (κ2) is 6.28. The van der Waals surface area contributed by atoms with E-state index < -0.39 is 10.0 Å². The molecule has 6 nitrogen and oxygen atoms in total. The van der Waals surface area contributed by atoms with Crippen molar-refractivity contribution in [2.24, 2.45) is 0 Å². The van der Waals surface area contributed by atoms with Crippen LogP contribution in [0.25, 0.3) is 0 Å². The Balaban J connectivity index is 2.20. The van der Waals surface area contributed by atoms with Gasteiger partial charge in [-0.2, -0.15) is 0 Å². The lowest BCUT2D eigenvalue weighted by atomic mass is 10.1. The fourth-order valence-electron chi connectivity index (χ4n) is 2.01. The number of benzene rings is 1. The average Bonchev–Trinajstić information content (AvgIpc) is 2.82. The minimum absolute atomic E-state index is 0.0400. The molecule has 0 saturated carbocycles. The second-order valence-electron chi connectivity index (χ2n) is 4.89. The lowest BCUT2D eigenvalue weighted by molar-refractivity contribution is 0.392. The SMILES string of the molecule is CNC(C)c1ccccc1NS(=O)(=O)Cc1cc(C)on1. The van der Waals surface area contributed by atoms with Gasteiger partial charge in [-0.05, 0) is 32.5 Å². The van der Waals surface area contributed by atoms with Crippen molar-refractivity contribution in [2.75, 3.05) is 11.8 Å². The van der Waals surface area contributed by atoms with Gasteiger partial charge in [-0.1, -0.05) is 23.4 Å². The van der Waals surface area contributed by atoms with Crippen LogP contribution in [0.15, 0.2) is 34.9 Å². The zero-order valence-corrected chi connectivity index (χ0v) is 13.1. The van der Waals surface area contributed by atoms with Crippen LogP contribution in [0.2, 0.25) is 0 Å². The van der Waals surface area contributed by atoms with Crippen molar-refractivity contribution < 1.29 is 12.9 Å². The molecule has 2 rings (SSSR count). The molecule has 0 aliphatic rings. The van der Waals surface area contributed by atoms with E-state index in [2.05, 4.69) is 15.2 Å². The molecule has 1 aromatic carbocycles. The van der Waals surface area contributed by atoms with Gasteiger partial charge in [0.1, 0.15) is 17.2 Å². The number of anilines is 1. The Morgan fingerprint density at radius 1 is 1.33 bits per heavy atom. The minimum Gasteiger partial charge on any atom is -0.361 e. The monoisotopic (exact) mass is 309 g/mol. The minimum atomic E-state index is -3.54. The van der Waals surface area contributed by atoms with Crippen molar-refractivity contribution in [3.05, 3.63) is 47.3 Å². The predicted octanol–water partition coefficient (Wildman–Crippen LogP) is 2.21. The maximum atomic E-state index is 12.2. The van der Waals surface area contributed by atoms with Gasteiger partial charge in [0.25, 0.3) is 0 Å². The molecule has 0 amide bonds. The molecule has 1 heterocycles. The van der Waals surface area contributed by atoms with E-state index in [1.807, 2.05) is 26.1 Å². The number of aromatic nitrogens is 1. The molecule has 0 aliphatic heterocycles. The molecule has 0 radical (unpaired) electrons. The highest BCUT2D eigenvalue weighted by Crippen LogP contribution is 2.23. The molecule has 21 heavy (non-hydrogen) atoms. The van der Waals surface area contributed by atoms with E-state index in [0.717, 1.165) is 5.56 Å². The van der Waals surface area contributed by atoms with E-state index in [4.69, 9.17) is 4.52 Å². The molecule has 114 valence electrons. The van der Waals surface area contributed by atoms with Crippen LogP contribution < -0.4 is 10.0 Å². The molecule has 1 atom stereocenters. The fourth-order valence-corrected chi connectivity index (χ4v) is 3.13. The number of aryl methyl sites for hydroxylation is 1. The number of nitrogens with zero attached hydrogens (tertiary/aromatic N) is 1. The van der Waals surface area contributed by atoms with Crippen LogP contribution in [0.4, 0.5) is 5.69 Å². The summed E-state index contributed by atoms with van der Waals surface area (Å²) >= 11 is 0. The normalized spacial score (nSPS) is 13.1. The first-order chi connectivity index (χ1) is 9.91. The molecule has 2 aromatic rings. The van der Waals surface area contributed by atoms with Crippen LogP contribution in [0.5, 0.6) is 0 Å². The van der Waals surface area contributed by atoms with E-state index in [1.54, 1.807) is 25.1 Å². The Labute approximate surface area is 124 Å². The molecule has 0 spiro atoms. The van der Waals surface area contributed by atoms with Gasteiger partial charge in [0.2, 0.25) is 10.0 Å². The third-order valence-electron chi connectivity index (χ3n) is 3.14. The molecule has 2 N–H and O–H groups in total. The highest BCUT2D eigenvalue weighted by atomic mass is 32.2. The second-order valence-corrected chi connectivity index (χ2v) is 6.61. The van der Waals surface area contributed by atoms with Gasteiger partial charge in [0.05, 0.1) is 5.69 Å². The third-order valence-corrected chi connectivity index (χ3v) is 4.35. The van der Waals surface area contributed by atoms with E-state index in [9.17, 15) is 8.42 Å². The average molecular weight is 309 g/mol. The van der Waals surface area contributed by atoms with Gasteiger partial charge in [-0.3, -0.25) is 4.72 Å². The van der Waals surface area contributed by atoms with Crippen LogP contribution in [-0.2, 0) is 15.8 Å². The first-order valence-electron chi connectivity index (χ1n) is 6.60. The topological polar surface area (TPSA) is 84.2 Å². The molecule has 0 saturated heterocycles. The number of sulfonamides is 1. The summed E-state index contributed by atoms with van der Waals surface area (Å²) in [6, 6.07) is 8.96. The summed E-state index contributed by atoms with van der Waals surface area (Å²) in [4.78, 5) is 0. The predicted molar refractivity (Wildman–Crippen MR) is 81.4 cm³/mol. The molecule has 0 fully saturated rings. The van der Waals surface area contributed by atoms with Crippen molar-refractivity contribution in [2.45, 2.75) is 25.6 Å². The Hall–Kier alpha value is -1.86. The van der Waals surface area contributed by atoms with Gasteiger partial charge < -0.3 is 9.84 Å². The van der Waals surface area contributed by atoms with Crippen LogP contribution in [0, 0.1) is 6.92 Å². The third kappa shape index (κ3) is 4.05.